The number of rotatable bonds is 5. The fourth-order valence-electron chi connectivity index (χ4n) is 3.44. The van der Waals surface area contributed by atoms with Crippen LogP contribution in [0, 0.1) is 5.92 Å². The fourth-order valence-corrected chi connectivity index (χ4v) is 3.44. The summed E-state index contributed by atoms with van der Waals surface area (Å²) in [5.74, 6) is -3.43. The number of fused-ring (bicyclic) bond motifs is 1. The van der Waals surface area contributed by atoms with E-state index in [1.807, 2.05) is 0 Å². The van der Waals surface area contributed by atoms with Gasteiger partial charge in [-0.05, 0) is 25.0 Å². The second-order valence-corrected chi connectivity index (χ2v) is 6.27. The summed E-state index contributed by atoms with van der Waals surface area (Å²) in [7, 11) is 0. The third kappa shape index (κ3) is 3.12. The summed E-state index contributed by atoms with van der Waals surface area (Å²) in [5, 5.41) is 18.5. The Morgan fingerprint density at radius 2 is 1.56 bits per heavy atom. The van der Waals surface area contributed by atoms with Gasteiger partial charge in [0.1, 0.15) is 6.04 Å². The molecule has 0 spiro atoms. The number of nitrogens with zero attached hydrogens (tertiary/aromatic N) is 2. The molecule has 25 heavy (non-hydrogen) atoms. The van der Waals surface area contributed by atoms with E-state index in [1.54, 1.807) is 24.3 Å². The molecule has 132 valence electrons. The number of carbonyl (C=O) groups excluding carboxylic acids is 2. The number of aliphatic carboxylic acids is 2. The quantitative estimate of drug-likeness (QED) is 0.747. The maximum absolute atomic E-state index is 12.3. The smallest absolute Gasteiger partial charge is 0.320 e. The van der Waals surface area contributed by atoms with E-state index in [0.717, 1.165) is 4.90 Å². The van der Waals surface area contributed by atoms with Crippen molar-refractivity contribution in [2.24, 2.45) is 5.92 Å². The van der Waals surface area contributed by atoms with E-state index < -0.39 is 35.7 Å². The maximum Gasteiger partial charge on any atom is 0.320 e. The molecule has 0 saturated carbocycles. The lowest BCUT2D eigenvalue weighted by Gasteiger charge is -2.36. The molecule has 1 fully saturated rings. The van der Waals surface area contributed by atoms with Crippen molar-refractivity contribution in [3.05, 3.63) is 35.4 Å². The molecule has 2 N–H and O–H groups in total. The van der Waals surface area contributed by atoms with Crippen LogP contribution in [0.4, 0.5) is 0 Å². The number of carboxylic acid groups (broad SMARTS) is 2. The Balaban J connectivity index is 1.71. The molecule has 0 aliphatic carbocycles. The molecule has 2 amide bonds. The summed E-state index contributed by atoms with van der Waals surface area (Å²) in [5.41, 5.74) is 0.675. The Bertz CT molecular complexity index is 711. The summed E-state index contributed by atoms with van der Waals surface area (Å²) in [6.07, 6.45) is 0.532. The van der Waals surface area contributed by atoms with Crippen LogP contribution in [0.5, 0.6) is 0 Å². The van der Waals surface area contributed by atoms with Crippen LogP contribution in [0.1, 0.15) is 33.6 Å². The number of benzene rings is 1. The molecule has 0 unspecified atom stereocenters. The molecule has 2 aliphatic rings. The average Bonchev–Trinajstić information content (AvgIpc) is 2.84. The Morgan fingerprint density at radius 3 is 2.08 bits per heavy atom. The molecule has 3 rings (SSSR count). The third-order valence-corrected chi connectivity index (χ3v) is 4.81. The van der Waals surface area contributed by atoms with Crippen molar-refractivity contribution >= 4 is 23.8 Å². The minimum absolute atomic E-state index is 0.0302. The molecule has 2 heterocycles. The van der Waals surface area contributed by atoms with E-state index in [9.17, 15) is 29.4 Å². The lowest BCUT2D eigenvalue weighted by molar-refractivity contribution is -0.151. The summed E-state index contributed by atoms with van der Waals surface area (Å²) >= 11 is 0. The zero-order valence-electron chi connectivity index (χ0n) is 13.4. The van der Waals surface area contributed by atoms with Gasteiger partial charge >= 0.3 is 11.9 Å². The molecule has 1 aromatic rings. The molecule has 8 nitrogen and oxygen atoms in total. The van der Waals surface area contributed by atoms with E-state index >= 15 is 0 Å². The maximum atomic E-state index is 12.3. The normalized spacial score (nSPS) is 23.6. The van der Waals surface area contributed by atoms with E-state index in [1.165, 1.54) is 4.90 Å². The van der Waals surface area contributed by atoms with Gasteiger partial charge < -0.3 is 10.2 Å². The summed E-state index contributed by atoms with van der Waals surface area (Å²) < 4.78 is 0. The predicted octanol–water partition coefficient (Wildman–Crippen LogP) is 0.532. The third-order valence-electron chi connectivity index (χ3n) is 4.81. The average molecular weight is 346 g/mol. The van der Waals surface area contributed by atoms with Gasteiger partial charge in [-0.25, -0.2) is 0 Å². The first-order valence-electron chi connectivity index (χ1n) is 8.05. The van der Waals surface area contributed by atoms with Crippen LogP contribution in [-0.2, 0) is 9.59 Å². The first-order chi connectivity index (χ1) is 11.9. The number of likely N-dealkylation sites (tertiary alicyclic amines) is 1. The molecule has 1 saturated heterocycles. The monoisotopic (exact) mass is 346 g/mol. The van der Waals surface area contributed by atoms with Crippen molar-refractivity contribution in [3.8, 4) is 0 Å². The molecule has 2 aliphatic heterocycles. The van der Waals surface area contributed by atoms with Crippen molar-refractivity contribution < 1.29 is 29.4 Å². The number of piperidine rings is 1. The minimum Gasteiger partial charge on any atom is -0.481 e. The van der Waals surface area contributed by atoms with Gasteiger partial charge in [0.05, 0.1) is 17.0 Å². The van der Waals surface area contributed by atoms with Crippen LogP contribution >= 0.6 is 0 Å². The Hall–Kier alpha value is -2.74. The molecule has 2 atom stereocenters. The van der Waals surface area contributed by atoms with Gasteiger partial charge in [0.25, 0.3) is 11.8 Å². The van der Waals surface area contributed by atoms with Crippen molar-refractivity contribution in [2.45, 2.75) is 18.9 Å². The first kappa shape index (κ1) is 17.1. The molecule has 8 heteroatoms. The number of hydrogen-bond donors (Lipinski definition) is 2. The van der Waals surface area contributed by atoms with Gasteiger partial charge in [0, 0.05) is 19.6 Å². The van der Waals surface area contributed by atoms with E-state index in [4.69, 9.17) is 0 Å². The van der Waals surface area contributed by atoms with E-state index in [0.29, 0.717) is 17.5 Å². The summed E-state index contributed by atoms with van der Waals surface area (Å²) in [6, 6.07) is 5.71. The predicted molar refractivity (Wildman–Crippen MR) is 85.2 cm³/mol. The van der Waals surface area contributed by atoms with Gasteiger partial charge in [0.2, 0.25) is 0 Å². The van der Waals surface area contributed by atoms with Crippen molar-refractivity contribution in [1.29, 1.82) is 0 Å². The van der Waals surface area contributed by atoms with Crippen LogP contribution in [0.3, 0.4) is 0 Å². The van der Waals surface area contributed by atoms with Crippen LogP contribution < -0.4 is 0 Å². The standard InChI is InChI=1S/C17H18N2O6/c20-14-11-3-1-2-4-12(11)15(21)19(14)8-7-18-9-10(16(22)23)5-6-13(18)17(24)25/h1-4,10,13H,5-9H2,(H,22,23)(H,24,25)/t10-,13-/m0/s1. The SMILES string of the molecule is O=C(O)[C@H]1CC[C@@H](C(=O)O)N(CCN2C(=O)c3ccccc3C2=O)C1. The van der Waals surface area contributed by atoms with Crippen LogP contribution in [-0.4, -0.2) is 69.4 Å². The molecule has 0 bridgehead atoms. The van der Waals surface area contributed by atoms with Gasteiger partial charge in [-0.3, -0.25) is 29.0 Å². The molecular formula is C17H18N2O6. The van der Waals surface area contributed by atoms with Crippen LogP contribution in [0.15, 0.2) is 24.3 Å². The lowest BCUT2D eigenvalue weighted by Crippen LogP contribution is -2.51. The Kier molecular flexibility index (Phi) is 4.54. The largest absolute Gasteiger partial charge is 0.481 e. The van der Waals surface area contributed by atoms with Gasteiger partial charge in [-0.15, -0.1) is 0 Å². The zero-order valence-corrected chi connectivity index (χ0v) is 13.4. The number of carbonyl (C=O) groups is 4. The Morgan fingerprint density at radius 1 is 0.960 bits per heavy atom. The second-order valence-electron chi connectivity index (χ2n) is 6.27. The highest BCUT2D eigenvalue weighted by Gasteiger charge is 2.38. The summed E-state index contributed by atoms with van der Waals surface area (Å²) in [6.45, 7) is 0.254. The van der Waals surface area contributed by atoms with Crippen LogP contribution in [0.2, 0.25) is 0 Å². The Labute approximate surface area is 143 Å². The summed E-state index contributed by atoms with van der Waals surface area (Å²) in [4.78, 5) is 49.9. The fraction of sp³-hybridized carbons (Fsp3) is 0.412. The molecule has 0 radical (unpaired) electrons. The highest BCUT2D eigenvalue weighted by atomic mass is 16.4. The second kappa shape index (κ2) is 6.64. The van der Waals surface area contributed by atoms with Crippen molar-refractivity contribution in [1.82, 2.24) is 9.80 Å². The van der Waals surface area contributed by atoms with Gasteiger partial charge in [-0.1, -0.05) is 12.1 Å². The topological polar surface area (TPSA) is 115 Å². The zero-order chi connectivity index (χ0) is 18.1. The minimum atomic E-state index is -1.02. The molecular weight excluding hydrogens is 328 g/mol. The lowest BCUT2D eigenvalue weighted by atomic mass is 9.93. The number of carboxylic acids is 2. The first-order valence-corrected chi connectivity index (χ1v) is 8.05. The highest BCUT2D eigenvalue weighted by molar-refractivity contribution is 6.21. The van der Waals surface area contributed by atoms with Crippen molar-refractivity contribution in [3.63, 3.8) is 0 Å². The molecule has 0 aromatic heterocycles. The van der Waals surface area contributed by atoms with Gasteiger partial charge in [-0.2, -0.15) is 0 Å². The van der Waals surface area contributed by atoms with E-state index in [-0.39, 0.29) is 26.1 Å². The van der Waals surface area contributed by atoms with E-state index in [2.05, 4.69) is 0 Å². The highest BCUT2D eigenvalue weighted by Crippen LogP contribution is 2.25. The number of imide groups is 1. The molecule has 1 aromatic carbocycles. The van der Waals surface area contributed by atoms with Gasteiger partial charge in [0.15, 0.2) is 0 Å². The number of hydrogen-bond acceptors (Lipinski definition) is 5. The van der Waals surface area contributed by atoms with Crippen LogP contribution in [0.25, 0.3) is 0 Å². The number of amides is 2. The van der Waals surface area contributed by atoms with Crippen molar-refractivity contribution in [2.75, 3.05) is 19.6 Å².